The van der Waals surface area contributed by atoms with Crippen LogP contribution in [-0.2, 0) is 6.42 Å². The number of phenolic OH excluding ortho intramolecular Hbond substituents is 4. The topological polar surface area (TPSA) is 110 Å². The molecule has 6 aliphatic heterocycles. The van der Waals surface area contributed by atoms with E-state index in [1.165, 1.54) is 118 Å². The fourth-order valence-corrected chi connectivity index (χ4v) is 11.5. The summed E-state index contributed by atoms with van der Waals surface area (Å²) >= 11 is 3.20. The predicted octanol–water partition coefficient (Wildman–Crippen LogP) is 14.3. The Labute approximate surface area is 454 Å². The molecule has 7 aliphatic rings. The minimum atomic E-state index is 0. The standard InChI is InChI=1S/C23H30N2O2.C23H27N2O.C11H15NO.C6H5BrO.CH4/c26-22-16-20(24-11-3-1-4-12-24)9-7-18(22)15-19-8-10-21(17-23(19)27)25-13-5-2-6-14-25;1-3-11-24(12-4-1)20-9-7-18-15-19-8-10-21(25-13-5-2-6-14-25)17-23(19)26-22(18)16-20;13-11-6-4-5-10(9-11)12-7-2-1-3-8-12;7-5-2-1-3-6(8)4-5;/h7-10,16-17,26-27H,1-6,11-15H2;7-10,15-17H,1-6,11-14H2;4-6,9,13H,1-3,7-8H2;1-4,8H;1H4/q;+1;;;. The van der Waals surface area contributed by atoms with Gasteiger partial charge in [-0.1, -0.05) is 47.6 Å². The zero-order valence-electron chi connectivity index (χ0n) is 43.3. The van der Waals surface area contributed by atoms with E-state index in [0.717, 1.165) is 109 Å². The highest BCUT2D eigenvalue weighted by molar-refractivity contribution is 9.10. The van der Waals surface area contributed by atoms with Crippen LogP contribution in [0.25, 0.3) is 22.3 Å². The number of fused-ring (bicyclic) bond motifs is 2. The Hall–Kier alpha value is -6.33. The van der Waals surface area contributed by atoms with Gasteiger partial charge >= 0.3 is 0 Å². The predicted molar refractivity (Wildman–Crippen MR) is 316 cm³/mol. The molecule has 0 amide bonds. The van der Waals surface area contributed by atoms with E-state index in [4.69, 9.17) is 9.52 Å². The molecule has 5 fully saturated rings. The first kappa shape index (κ1) is 54.9. The Bertz CT molecular complexity index is 2840. The third-order valence-electron chi connectivity index (χ3n) is 15.3. The van der Waals surface area contributed by atoms with Gasteiger partial charge in [0, 0.05) is 140 Å². The van der Waals surface area contributed by atoms with Gasteiger partial charge < -0.3 is 44.4 Å². The summed E-state index contributed by atoms with van der Waals surface area (Å²) < 4.78 is 9.75. The van der Waals surface area contributed by atoms with Crippen molar-refractivity contribution >= 4 is 49.6 Å². The highest BCUT2D eigenvalue weighted by Gasteiger charge is 2.19. The van der Waals surface area contributed by atoms with Gasteiger partial charge in [-0.3, -0.25) is 0 Å². The number of phenols is 4. The van der Waals surface area contributed by atoms with Crippen molar-refractivity contribution in [2.24, 2.45) is 0 Å². The lowest BCUT2D eigenvalue weighted by atomic mass is 10.0. The molecule has 0 bridgehead atoms. The third-order valence-corrected chi connectivity index (χ3v) is 15.8. The van der Waals surface area contributed by atoms with Crippen LogP contribution in [0.2, 0.25) is 0 Å². The van der Waals surface area contributed by atoms with Gasteiger partial charge in [0.2, 0.25) is 5.36 Å². The highest BCUT2D eigenvalue weighted by atomic mass is 79.9. The molecule has 0 atom stereocenters. The maximum atomic E-state index is 10.5. The number of rotatable bonds is 6. The first-order valence-corrected chi connectivity index (χ1v) is 28.4. The van der Waals surface area contributed by atoms with E-state index in [1.807, 2.05) is 42.5 Å². The van der Waals surface area contributed by atoms with Crippen molar-refractivity contribution in [3.63, 3.8) is 0 Å². The Morgan fingerprint density at radius 2 is 0.880 bits per heavy atom. The SMILES string of the molecule is C.Oc1cc(N2CCCCC2)ccc1Cc1ccc(N2CCCCC2)cc1O.Oc1cccc(Br)c1.Oc1cccc(N2CCCCC2)c1.c1cc(=[N+]2CCCCC2)cc2oc3cc(N4CCCCC4)ccc3cc1-2. The fraction of sp³-hybridized carbons (Fsp3) is 0.422. The van der Waals surface area contributed by atoms with E-state index in [2.05, 4.69) is 101 Å². The zero-order chi connectivity index (χ0) is 51.1. The number of hydrogen-bond donors (Lipinski definition) is 4. The van der Waals surface area contributed by atoms with Gasteiger partial charge in [0.25, 0.3) is 0 Å². The maximum absolute atomic E-state index is 10.5. The molecule has 5 aromatic carbocycles. The van der Waals surface area contributed by atoms with Gasteiger partial charge in [0.05, 0.1) is 6.07 Å². The lowest BCUT2D eigenvalue weighted by Gasteiger charge is -2.29. The molecule has 6 heterocycles. The fourth-order valence-electron chi connectivity index (χ4n) is 11.1. The van der Waals surface area contributed by atoms with Crippen LogP contribution in [0.3, 0.4) is 0 Å². The third kappa shape index (κ3) is 15.4. The van der Waals surface area contributed by atoms with Crippen molar-refractivity contribution in [1.29, 1.82) is 0 Å². The van der Waals surface area contributed by atoms with Crippen molar-refractivity contribution in [3.8, 4) is 34.3 Å². The molecule has 0 unspecified atom stereocenters. The van der Waals surface area contributed by atoms with Crippen LogP contribution in [0.5, 0.6) is 23.0 Å². The van der Waals surface area contributed by atoms with Crippen molar-refractivity contribution < 1.29 is 24.8 Å². The summed E-state index contributed by atoms with van der Waals surface area (Å²) in [6, 6.07) is 42.0. The van der Waals surface area contributed by atoms with Gasteiger partial charge in [-0.25, -0.2) is 4.58 Å². The molecule has 12 rings (SSSR count). The Balaban J connectivity index is 0.000000144. The van der Waals surface area contributed by atoms with Crippen LogP contribution in [0.15, 0.2) is 136 Å². The molecule has 11 heteroatoms. The quantitative estimate of drug-likeness (QED) is 0.0956. The molecule has 5 aromatic rings. The molecule has 10 nitrogen and oxygen atoms in total. The second-order valence-electron chi connectivity index (χ2n) is 20.7. The summed E-state index contributed by atoms with van der Waals surface area (Å²) in [6.45, 7) is 11.2. The molecule has 75 heavy (non-hydrogen) atoms. The first-order chi connectivity index (χ1) is 36.2. The van der Waals surface area contributed by atoms with Gasteiger partial charge in [0.1, 0.15) is 47.4 Å². The second-order valence-corrected chi connectivity index (χ2v) is 21.6. The summed E-state index contributed by atoms with van der Waals surface area (Å²) in [4.78, 5) is 9.52. The largest absolute Gasteiger partial charge is 0.508 e. The van der Waals surface area contributed by atoms with E-state index in [1.54, 1.807) is 24.3 Å². The number of hydrogen-bond acceptors (Lipinski definition) is 9. The van der Waals surface area contributed by atoms with E-state index >= 15 is 0 Å². The van der Waals surface area contributed by atoms with Crippen LogP contribution < -0.4 is 29.5 Å². The number of aromatic hydroxyl groups is 4. The van der Waals surface area contributed by atoms with Crippen molar-refractivity contribution in [1.82, 2.24) is 4.58 Å². The molecule has 5 saturated heterocycles. The smallest absolute Gasteiger partial charge is 0.203 e. The van der Waals surface area contributed by atoms with E-state index in [0.29, 0.717) is 29.4 Å². The van der Waals surface area contributed by atoms with E-state index in [-0.39, 0.29) is 7.43 Å². The molecule has 0 saturated carbocycles. The summed E-state index contributed by atoms with van der Waals surface area (Å²) in [5.74, 6) is 2.29. The van der Waals surface area contributed by atoms with Gasteiger partial charge in [-0.05, 0) is 161 Å². The monoisotopic (exact) mass is 1080 g/mol. The lowest BCUT2D eigenvalue weighted by molar-refractivity contribution is 0.451. The van der Waals surface area contributed by atoms with Crippen LogP contribution in [0.4, 0.5) is 22.7 Å². The molecule has 0 radical (unpaired) electrons. The molecule has 4 N–H and O–H groups in total. The Kier molecular flexibility index (Phi) is 20.1. The average Bonchev–Trinajstić information content (AvgIpc) is 3.45. The van der Waals surface area contributed by atoms with Crippen LogP contribution in [0.1, 0.15) is 115 Å². The molecule has 0 spiro atoms. The molecule has 398 valence electrons. The molecular formula is C64H81BrN5O5+. The normalized spacial score (nSPS) is 16.9. The summed E-state index contributed by atoms with van der Waals surface area (Å²) in [5, 5.41) is 41.6. The van der Waals surface area contributed by atoms with Gasteiger partial charge in [-0.2, -0.15) is 0 Å². The Morgan fingerprint density at radius 1 is 0.427 bits per heavy atom. The molecular weight excluding hydrogens is 999 g/mol. The second kappa shape index (κ2) is 27.5. The van der Waals surface area contributed by atoms with Gasteiger partial charge in [0.15, 0.2) is 0 Å². The summed E-state index contributed by atoms with van der Waals surface area (Å²) in [5.41, 5.74) is 8.54. The van der Waals surface area contributed by atoms with Crippen LogP contribution in [0, 0.1) is 0 Å². The maximum Gasteiger partial charge on any atom is 0.203 e. The molecule has 0 aromatic heterocycles. The summed E-state index contributed by atoms with van der Waals surface area (Å²) in [6.07, 6.45) is 19.8. The van der Waals surface area contributed by atoms with Crippen LogP contribution in [-0.4, -0.2) is 85.9 Å². The highest BCUT2D eigenvalue weighted by Crippen LogP contribution is 2.34. The number of anilines is 4. The van der Waals surface area contributed by atoms with E-state index in [9.17, 15) is 15.3 Å². The Morgan fingerprint density at radius 3 is 1.35 bits per heavy atom. The van der Waals surface area contributed by atoms with Crippen molar-refractivity contribution in [3.05, 3.63) is 148 Å². The van der Waals surface area contributed by atoms with Gasteiger partial charge in [-0.15, -0.1) is 0 Å². The number of benzene rings is 6. The first-order valence-electron chi connectivity index (χ1n) is 27.7. The van der Waals surface area contributed by atoms with Crippen molar-refractivity contribution in [2.45, 2.75) is 110 Å². The number of halogens is 1. The zero-order valence-corrected chi connectivity index (χ0v) is 44.9. The minimum absolute atomic E-state index is 0. The van der Waals surface area contributed by atoms with Crippen LogP contribution >= 0.6 is 15.9 Å². The summed E-state index contributed by atoms with van der Waals surface area (Å²) in [7, 11) is 0. The lowest BCUT2D eigenvalue weighted by Crippen LogP contribution is -2.34. The molecule has 1 aliphatic carbocycles. The number of piperidine rings is 5. The van der Waals surface area contributed by atoms with Crippen molar-refractivity contribution in [2.75, 3.05) is 85.0 Å². The number of nitrogens with zero attached hydrogens (tertiary/aromatic N) is 5. The average molecular weight is 1080 g/mol. The van der Waals surface area contributed by atoms with E-state index < -0.39 is 0 Å². The minimum Gasteiger partial charge on any atom is -0.508 e.